The van der Waals surface area contributed by atoms with Crippen LogP contribution in [-0.2, 0) is 9.63 Å². The van der Waals surface area contributed by atoms with E-state index < -0.39 is 0 Å². The van der Waals surface area contributed by atoms with Gasteiger partial charge in [-0.25, -0.2) is 5.06 Å². The predicted molar refractivity (Wildman–Crippen MR) is 48.5 cm³/mol. The zero-order valence-electron chi connectivity index (χ0n) is 8.25. The minimum absolute atomic E-state index is 0.194. The average molecular weight is 173 g/mol. The molecule has 0 spiro atoms. The minimum Gasteiger partial charge on any atom is -0.276 e. The van der Waals surface area contributed by atoms with Crippen molar-refractivity contribution in [3.63, 3.8) is 0 Å². The monoisotopic (exact) mass is 173 g/mol. The molecule has 3 nitrogen and oxygen atoms in total. The number of nitrogens with zero attached hydrogens (tertiary/aromatic N) is 1. The second-order valence-corrected chi connectivity index (χ2v) is 2.99. The number of amides is 1. The van der Waals surface area contributed by atoms with E-state index in [0.717, 1.165) is 19.3 Å². The molecule has 0 bridgehead atoms. The highest BCUT2D eigenvalue weighted by Gasteiger charge is 2.09. The molecule has 0 fully saturated rings. The lowest BCUT2D eigenvalue weighted by atomic mass is 10.1. The summed E-state index contributed by atoms with van der Waals surface area (Å²) in [5.74, 6) is 0. The highest BCUT2D eigenvalue weighted by Crippen LogP contribution is 2.07. The van der Waals surface area contributed by atoms with E-state index >= 15 is 0 Å². The Morgan fingerprint density at radius 1 is 1.50 bits per heavy atom. The van der Waals surface area contributed by atoms with Crippen LogP contribution in [0, 0.1) is 0 Å². The van der Waals surface area contributed by atoms with Crippen molar-refractivity contribution in [1.82, 2.24) is 5.06 Å². The number of hydroxylamine groups is 2. The number of hydrogen-bond acceptors (Lipinski definition) is 2. The molecule has 0 aromatic heterocycles. The van der Waals surface area contributed by atoms with E-state index in [1.807, 2.05) is 6.92 Å². The first-order valence-electron chi connectivity index (χ1n) is 4.54. The highest BCUT2D eigenvalue weighted by molar-refractivity contribution is 5.45. The van der Waals surface area contributed by atoms with Crippen molar-refractivity contribution >= 4 is 6.41 Å². The molecule has 72 valence electrons. The summed E-state index contributed by atoms with van der Waals surface area (Å²) in [4.78, 5) is 15.3. The summed E-state index contributed by atoms with van der Waals surface area (Å²) in [5, 5.41) is 1.36. The summed E-state index contributed by atoms with van der Waals surface area (Å²) >= 11 is 0. The molecule has 1 unspecified atom stereocenters. The quantitative estimate of drug-likeness (QED) is 0.334. The van der Waals surface area contributed by atoms with Crippen LogP contribution < -0.4 is 0 Å². The Balaban J connectivity index is 3.53. The Bertz CT molecular complexity index is 117. The van der Waals surface area contributed by atoms with Crippen molar-refractivity contribution in [2.75, 3.05) is 7.11 Å². The van der Waals surface area contributed by atoms with Crippen LogP contribution in [0.15, 0.2) is 0 Å². The van der Waals surface area contributed by atoms with Gasteiger partial charge in [-0.15, -0.1) is 0 Å². The summed E-state index contributed by atoms with van der Waals surface area (Å²) in [6.45, 7) is 4.16. The molecule has 1 amide bonds. The molecule has 0 aromatic carbocycles. The maximum absolute atomic E-state index is 10.4. The first-order chi connectivity index (χ1) is 5.76. The van der Waals surface area contributed by atoms with E-state index in [-0.39, 0.29) is 6.04 Å². The third-order valence-electron chi connectivity index (χ3n) is 1.97. The Hall–Kier alpha value is -0.570. The Morgan fingerprint density at radius 3 is 2.58 bits per heavy atom. The lowest BCUT2D eigenvalue weighted by molar-refractivity contribution is -0.172. The molecule has 1 atom stereocenters. The van der Waals surface area contributed by atoms with Crippen LogP contribution in [0.1, 0.15) is 39.5 Å². The van der Waals surface area contributed by atoms with Crippen LogP contribution in [0.25, 0.3) is 0 Å². The van der Waals surface area contributed by atoms with Gasteiger partial charge in [0.05, 0.1) is 13.2 Å². The molecular weight excluding hydrogens is 154 g/mol. The maximum Gasteiger partial charge on any atom is 0.233 e. The standard InChI is InChI=1S/C9H19NO2/c1-4-5-6-7-9(2)10(8-11)12-3/h8-9H,4-7H2,1-3H3. The van der Waals surface area contributed by atoms with Crippen molar-refractivity contribution in [3.05, 3.63) is 0 Å². The summed E-state index contributed by atoms with van der Waals surface area (Å²) in [6, 6.07) is 0.194. The van der Waals surface area contributed by atoms with E-state index in [2.05, 4.69) is 6.92 Å². The van der Waals surface area contributed by atoms with Gasteiger partial charge in [0.25, 0.3) is 0 Å². The van der Waals surface area contributed by atoms with E-state index in [4.69, 9.17) is 4.84 Å². The second kappa shape index (κ2) is 7.10. The maximum atomic E-state index is 10.4. The fourth-order valence-electron chi connectivity index (χ4n) is 1.14. The molecule has 12 heavy (non-hydrogen) atoms. The zero-order valence-corrected chi connectivity index (χ0v) is 8.25. The van der Waals surface area contributed by atoms with Gasteiger partial charge in [-0.1, -0.05) is 26.2 Å². The molecule has 0 aromatic rings. The first kappa shape index (κ1) is 11.4. The van der Waals surface area contributed by atoms with Crippen LogP contribution in [0.3, 0.4) is 0 Å². The van der Waals surface area contributed by atoms with E-state index in [9.17, 15) is 4.79 Å². The van der Waals surface area contributed by atoms with Gasteiger partial charge >= 0.3 is 0 Å². The number of unbranched alkanes of at least 4 members (excludes halogenated alkanes) is 2. The van der Waals surface area contributed by atoms with Gasteiger partial charge in [0, 0.05) is 0 Å². The summed E-state index contributed by atoms with van der Waals surface area (Å²) in [5.41, 5.74) is 0. The highest BCUT2D eigenvalue weighted by atomic mass is 16.7. The van der Waals surface area contributed by atoms with Crippen molar-refractivity contribution in [3.8, 4) is 0 Å². The second-order valence-electron chi connectivity index (χ2n) is 2.99. The van der Waals surface area contributed by atoms with E-state index in [1.54, 1.807) is 0 Å². The molecule has 0 saturated carbocycles. The number of hydrogen-bond donors (Lipinski definition) is 0. The smallest absolute Gasteiger partial charge is 0.233 e. The van der Waals surface area contributed by atoms with Crippen molar-refractivity contribution < 1.29 is 9.63 Å². The average Bonchev–Trinajstić information content (AvgIpc) is 2.07. The van der Waals surface area contributed by atoms with E-state index in [0.29, 0.717) is 0 Å². The van der Waals surface area contributed by atoms with Gasteiger partial charge in [0.2, 0.25) is 6.41 Å². The molecule has 0 rings (SSSR count). The van der Waals surface area contributed by atoms with Crippen LogP contribution in [-0.4, -0.2) is 24.6 Å². The van der Waals surface area contributed by atoms with Crippen molar-refractivity contribution in [2.24, 2.45) is 0 Å². The molecule has 0 aliphatic heterocycles. The van der Waals surface area contributed by atoms with Crippen molar-refractivity contribution in [1.29, 1.82) is 0 Å². The van der Waals surface area contributed by atoms with E-state index in [1.165, 1.54) is 25.0 Å². The van der Waals surface area contributed by atoms with Gasteiger partial charge < -0.3 is 0 Å². The third-order valence-corrected chi connectivity index (χ3v) is 1.97. The molecule has 0 heterocycles. The van der Waals surface area contributed by atoms with Crippen LogP contribution in [0.2, 0.25) is 0 Å². The van der Waals surface area contributed by atoms with Gasteiger partial charge in [0.1, 0.15) is 0 Å². The summed E-state index contributed by atoms with van der Waals surface area (Å²) in [7, 11) is 1.52. The predicted octanol–water partition coefficient (Wildman–Crippen LogP) is 1.98. The molecule has 0 aliphatic carbocycles. The van der Waals surface area contributed by atoms with Gasteiger partial charge in [-0.05, 0) is 13.3 Å². The fourth-order valence-corrected chi connectivity index (χ4v) is 1.14. The molecule has 0 aliphatic rings. The Morgan fingerprint density at radius 2 is 2.17 bits per heavy atom. The lowest BCUT2D eigenvalue weighted by Gasteiger charge is -2.21. The lowest BCUT2D eigenvalue weighted by Crippen LogP contribution is -2.30. The zero-order chi connectivity index (χ0) is 9.40. The molecule has 3 heteroatoms. The number of carbonyl (C=O) groups is 1. The molecule has 0 saturated heterocycles. The van der Waals surface area contributed by atoms with Crippen LogP contribution in [0.4, 0.5) is 0 Å². The van der Waals surface area contributed by atoms with Crippen LogP contribution >= 0.6 is 0 Å². The largest absolute Gasteiger partial charge is 0.276 e. The summed E-state index contributed by atoms with van der Waals surface area (Å²) < 4.78 is 0. The van der Waals surface area contributed by atoms with Crippen LogP contribution in [0.5, 0.6) is 0 Å². The Labute approximate surface area is 74.6 Å². The fraction of sp³-hybridized carbons (Fsp3) is 0.889. The topological polar surface area (TPSA) is 29.5 Å². The Kier molecular flexibility index (Phi) is 6.76. The first-order valence-corrected chi connectivity index (χ1v) is 4.54. The van der Waals surface area contributed by atoms with Crippen molar-refractivity contribution in [2.45, 2.75) is 45.6 Å². The van der Waals surface area contributed by atoms with Gasteiger partial charge in [-0.3, -0.25) is 9.63 Å². The summed E-state index contributed by atoms with van der Waals surface area (Å²) in [6.07, 6.45) is 5.34. The molecular formula is C9H19NO2. The number of carbonyl (C=O) groups excluding carboxylic acids is 1. The third kappa shape index (κ3) is 4.34. The molecule has 0 N–H and O–H groups in total. The normalized spacial score (nSPS) is 12.6. The molecule has 0 radical (unpaired) electrons. The van der Waals surface area contributed by atoms with Gasteiger partial charge in [0.15, 0.2) is 0 Å². The number of rotatable bonds is 7. The van der Waals surface area contributed by atoms with Gasteiger partial charge in [-0.2, -0.15) is 0 Å². The minimum atomic E-state index is 0.194. The SMILES string of the molecule is CCCCCC(C)N(C=O)OC.